The lowest BCUT2D eigenvalue weighted by molar-refractivity contribution is 0.0936. The second-order valence-corrected chi connectivity index (χ2v) is 5.13. The summed E-state index contributed by atoms with van der Waals surface area (Å²) in [5, 5.41) is 7.14. The Morgan fingerprint density at radius 3 is 2.68 bits per heavy atom. The van der Waals surface area contributed by atoms with Crippen LogP contribution in [0.25, 0.3) is 5.69 Å². The summed E-state index contributed by atoms with van der Waals surface area (Å²) >= 11 is 0. The maximum absolute atomic E-state index is 12.2. The van der Waals surface area contributed by atoms with E-state index in [-0.39, 0.29) is 11.9 Å². The van der Waals surface area contributed by atoms with Crippen LogP contribution in [-0.4, -0.2) is 31.3 Å². The van der Waals surface area contributed by atoms with Crippen molar-refractivity contribution in [3.8, 4) is 5.69 Å². The summed E-state index contributed by atoms with van der Waals surface area (Å²) in [7, 11) is 0. The Morgan fingerprint density at radius 1 is 1.23 bits per heavy atom. The highest BCUT2D eigenvalue weighted by atomic mass is 16.1. The molecule has 112 valence electrons. The normalized spacial score (nSPS) is 12.0. The van der Waals surface area contributed by atoms with Gasteiger partial charge in [0.2, 0.25) is 0 Å². The Bertz CT molecular complexity index is 717. The molecule has 1 aromatic carbocycles. The van der Waals surface area contributed by atoms with Crippen LogP contribution in [0.2, 0.25) is 0 Å². The van der Waals surface area contributed by atoms with Crippen LogP contribution in [0.5, 0.6) is 0 Å². The van der Waals surface area contributed by atoms with Gasteiger partial charge in [0.25, 0.3) is 5.91 Å². The van der Waals surface area contributed by atoms with E-state index in [2.05, 4.69) is 15.4 Å². The largest absolute Gasteiger partial charge is 0.348 e. The quantitative estimate of drug-likeness (QED) is 0.781. The van der Waals surface area contributed by atoms with Gasteiger partial charge in [0.15, 0.2) is 0 Å². The molecule has 3 aromatic rings. The zero-order valence-electron chi connectivity index (χ0n) is 12.3. The number of imidazole rings is 1. The molecule has 0 aliphatic heterocycles. The van der Waals surface area contributed by atoms with Crippen molar-refractivity contribution < 1.29 is 4.79 Å². The average Bonchev–Trinajstić information content (AvgIpc) is 3.20. The minimum absolute atomic E-state index is 0.0208. The van der Waals surface area contributed by atoms with Crippen LogP contribution in [0, 0.1) is 0 Å². The summed E-state index contributed by atoms with van der Waals surface area (Å²) in [6.45, 7) is 2.66. The molecule has 2 heterocycles. The van der Waals surface area contributed by atoms with Crippen LogP contribution in [0.1, 0.15) is 17.3 Å². The van der Waals surface area contributed by atoms with E-state index in [0.717, 1.165) is 5.69 Å². The monoisotopic (exact) mass is 295 g/mol. The van der Waals surface area contributed by atoms with Gasteiger partial charge in [0, 0.05) is 42.9 Å². The molecule has 22 heavy (non-hydrogen) atoms. The number of hydrogen-bond donors (Lipinski definition) is 1. The number of benzene rings is 1. The van der Waals surface area contributed by atoms with Gasteiger partial charge in [-0.05, 0) is 37.3 Å². The molecule has 6 heteroatoms. The molecular weight excluding hydrogens is 278 g/mol. The van der Waals surface area contributed by atoms with Crippen molar-refractivity contribution >= 4 is 5.91 Å². The van der Waals surface area contributed by atoms with E-state index in [1.165, 1.54) is 0 Å². The molecule has 0 unspecified atom stereocenters. The SMILES string of the molecule is C[C@@H](Cn1ccnc1)NC(=O)c1ccc(-n2cccn2)cc1. The number of nitrogens with zero attached hydrogens (tertiary/aromatic N) is 4. The molecule has 0 radical (unpaired) electrons. The molecule has 0 fully saturated rings. The Balaban J connectivity index is 1.62. The molecule has 0 spiro atoms. The van der Waals surface area contributed by atoms with Gasteiger partial charge in [-0.15, -0.1) is 0 Å². The van der Waals surface area contributed by atoms with Crippen molar-refractivity contribution in [3.05, 3.63) is 67.0 Å². The zero-order valence-corrected chi connectivity index (χ0v) is 12.3. The molecule has 0 saturated carbocycles. The Morgan fingerprint density at radius 2 is 2.05 bits per heavy atom. The first-order valence-electron chi connectivity index (χ1n) is 7.09. The number of carbonyl (C=O) groups is 1. The Labute approximate surface area is 128 Å². The third-order valence-electron chi connectivity index (χ3n) is 3.32. The van der Waals surface area contributed by atoms with Gasteiger partial charge in [0.1, 0.15) is 0 Å². The van der Waals surface area contributed by atoms with Gasteiger partial charge >= 0.3 is 0 Å². The highest BCUT2D eigenvalue weighted by Crippen LogP contribution is 2.09. The first-order valence-corrected chi connectivity index (χ1v) is 7.09. The van der Waals surface area contributed by atoms with Gasteiger partial charge in [0.05, 0.1) is 12.0 Å². The molecule has 0 aliphatic rings. The third kappa shape index (κ3) is 3.22. The van der Waals surface area contributed by atoms with E-state index >= 15 is 0 Å². The van der Waals surface area contributed by atoms with E-state index in [4.69, 9.17) is 0 Å². The van der Waals surface area contributed by atoms with Gasteiger partial charge in [-0.25, -0.2) is 9.67 Å². The van der Waals surface area contributed by atoms with E-state index in [9.17, 15) is 4.79 Å². The fourth-order valence-corrected chi connectivity index (χ4v) is 2.25. The smallest absolute Gasteiger partial charge is 0.251 e. The van der Waals surface area contributed by atoms with Crippen LogP contribution < -0.4 is 5.32 Å². The first kappa shape index (κ1) is 14.1. The number of amides is 1. The van der Waals surface area contributed by atoms with Crippen molar-refractivity contribution in [1.29, 1.82) is 0 Å². The summed E-state index contributed by atoms with van der Waals surface area (Å²) in [5.41, 5.74) is 1.56. The van der Waals surface area contributed by atoms with Crippen molar-refractivity contribution in [3.63, 3.8) is 0 Å². The molecule has 1 N–H and O–H groups in total. The molecular formula is C16H17N5O. The van der Waals surface area contributed by atoms with Crippen molar-refractivity contribution in [2.45, 2.75) is 19.5 Å². The summed E-state index contributed by atoms with van der Waals surface area (Å²) in [4.78, 5) is 16.2. The molecule has 0 aliphatic carbocycles. The van der Waals surface area contributed by atoms with E-state index in [1.54, 1.807) is 35.5 Å². The molecule has 1 amide bonds. The van der Waals surface area contributed by atoms with Crippen LogP contribution in [0.15, 0.2) is 61.4 Å². The summed E-state index contributed by atoms with van der Waals surface area (Å²) < 4.78 is 3.69. The average molecular weight is 295 g/mol. The van der Waals surface area contributed by atoms with E-state index in [1.807, 2.05) is 42.1 Å². The van der Waals surface area contributed by atoms with Gasteiger partial charge in [-0.3, -0.25) is 4.79 Å². The fourth-order valence-electron chi connectivity index (χ4n) is 2.25. The summed E-state index contributed by atoms with van der Waals surface area (Å²) in [5.74, 6) is -0.0837. The van der Waals surface area contributed by atoms with Crippen LogP contribution in [0.3, 0.4) is 0 Å². The Kier molecular flexibility index (Phi) is 4.00. The summed E-state index contributed by atoms with van der Waals surface area (Å²) in [6, 6.07) is 9.24. The number of rotatable bonds is 5. The lowest BCUT2D eigenvalue weighted by atomic mass is 10.2. The second kappa shape index (κ2) is 6.26. The van der Waals surface area contributed by atoms with Crippen molar-refractivity contribution in [2.24, 2.45) is 0 Å². The molecule has 1 atom stereocenters. The first-order chi connectivity index (χ1) is 10.7. The number of aromatic nitrogens is 4. The molecule has 0 bridgehead atoms. The van der Waals surface area contributed by atoms with Crippen LogP contribution in [0.4, 0.5) is 0 Å². The zero-order chi connectivity index (χ0) is 15.4. The second-order valence-electron chi connectivity index (χ2n) is 5.13. The standard InChI is InChI=1S/C16H17N5O/c1-13(11-20-10-8-17-12-20)19-16(22)14-3-5-15(6-4-14)21-9-2-7-18-21/h2-10,12-13H,11H2,1H3,(H,19,22)/t13-/m0/s1. The van der Waals surface area contributed by atoms with E-state index in [0.29, 0.717) is 12.1 Å². The van der Waals surface area contributed by atoms with Crippen molar-refractivity contribution in [2.75, 3.05) is 0 Å². The lowest BCUT2D eigenvalue weighted by Gasteiger charge is -2.14. The maximum Gasteiger partial charge on any atom is 0.251 e. The molecule has 3 rings (SSSR count). The van der Waals surface area contributed by atoms with Crippen LogP contribution >= 0.6 is 0 Å². The number of carbonyl (C=O) groups excluding carboxylic acids is 1. The third-order valence-corrected chi connectivity index (χ3v) is 3.32. The maximum atomic E-state index is 12.2. The summed E-state index contributed by atoms with van der Waals surface area (Å²) in [6.07, 6.45) is 8.92. The highest BCUT2D eigenvalue weighted by Gasteiger charge is 2.10. The van der Waals surface area contributed by atoms with Gasteiger partial charge in [-0.1, -0.05) is 0 Å². The molecule has 6 nitrogen and oxygen atoms in total. The molecule has 0 saturated heterocycles. The highest BCUT2D eigenvalue weighted by molar-refractivity contribution is 5.94. The minimum Gasteiger partial charge on any atom is -0.348 e. The topological polar surface area (TPSA) is 64.7 Å². The number of nitrogens with one attached hydrogen (secondary N) is 1. The van der Waals surface area contributed by atoms with E-state index < -0.39 is 0 Å². The number of hydrogen-bond acceptors (Lipinski definition) is 3. The predicted molar refractivity (Wildman–Crippen MR) is 82.7 cm³/mol. The fraction of sp³-hybridized carbons (Fsp3) is 0.188. The predicted octanol–water partition coefficient (Wildman–Crippen LogP) is 1.89. The lowest BCUT2D eigenvalue weighted by Crippen LogP contribution is -2.35. The van der Waals surface area contributed by atoms with Crippen molar-refractivity contribution in [1.82, 2.24) is 24.6 Å². The Hall–Kier alpha value is -2.89. The molecule has 2 aromatic heterocycles. The van der Waals surface area contributed by atoms with Gasteiger partial charge < -0.3 is 9.88 Å². The minimum atomic E-state index is -0.0837. The van der Waals surface area contributed by atoms with Gasteiger partial charge in [-0.2, -0.15) is 5.10 Å². The van der Waals surface area contributed by atoms with Crippen LogP contribution in [-0.2, 0) is 6.54 Å².